The Balaban J connectivity index is 1.76. The van der Waals surface area contributed by atoms with Crippen LogP contribution in [0.2, 0.25) is 0 Å². The molecule has 0 spiro atoms. The van der Waals surface area contributed by atoms with Crippen molar-refractivity contribution in [1.29, 1.82) is 0 Å². The molecule has 1 aliphatic rings. The quantitative estimate of drug-likeness (QED) is 0.512. The molecule has 0 aliphatic carbocycles. The second-order valence-corrected chi connectivity index (χ2v) is 7.89. The highest BCUT2D eigenvalue weighted by molar-refractivity contribution is 5.95. The molecule has 29 heavy (non-hydrogen) atoms. The Bertz CT molecular complexity index is 638. The fourth-order valence-electron chi connectivity index (χ4n) is 3.68. The van der Waals surface area contributed by atoms with Crippen molar-refractivity contribution in [2.45, 2.75) is 52.9 Å². The van der Waals surface area contributed by atoms with E-state index in [0.717, 1.165) is 64.3 Å². The molecule has 7 nitrogen and oxygen atoms in total. The molecule has 0 atom stereocenters. The highest BCUT2D eigenvalue weighted by Gasteiger charge is 2.21. The van der Waals surface area contributed by atoms with Gasteiger partial charge >= 0.3 is 0 Å². The van der Waals surface area contributed by atoms with Crippen LogP contribution in [0.3, 0.4) is 0 Å². The summed E-state index contributed by atoms with van der Waals surface area (Å²) in [6.07, 6.45) is 4.41. The molecule has 2 amide bonds. The predicted molar refractivity (Wildman–Crippen MR) is 112 cm³/mol. The highest BCUT2D eigenvalue weighted by Crippen LogP contribution is 2.17. The van der Waals surface area contributed by atoms with Crippen molar-refractivity contribution in [2.75, 3.05) is 52.5 Å². The lowest BCUT2D eigenvalue weighted by Gasteiger charge is -2.24. The van der Waals surface area contributed by atoms with Crippen LogP contribution in [0.5, 0.6) is 0 Å². The van der Waals surface area contributed by atoms with E-state index in [2.05, 4.69) is 12.2 Å². The summed E-state index contributed by atoms with van der Waals surface area (Å²) in [4.78, 5) is 28.5. The summed E-state index contributed by atoms with van der Waals surface area (Å²) in [5.41, 5.74) is 0.605. The summed E-state index contributed by atoms with van der Waals surface area (Å²) in [7, 11) is 0. The Morgan fingerprint density at radius 3 is 2.55 bits per heavy atom. The van der Waals surface area contributed by atoms with Gasteiger partial charge in [-0.25, -0.2) is 0 Å². The highest BCUT2D eigenvalue weighted by atomic mass is 16.5. The molecule has 1 saturated heterocycles. The maximum absolute atomic E-state index is 12.9. The standard InChI is InChI=1S/C22H37N3O4/c1-4-5-6-11-25(22(27)20-17-18(2)29-19(20)3)12-8-21(26)23-9-7-10-24-13-15-28-16-14-24/h17H,4-16H2,1-3H3,(H,23,26)/p+1. The molecule has 164 valence electrons. The van der Waals surface area contributed by atoms with E-state index >= 15 is 0 Å². The zero-order valence-corrected chi connectivity index (χ0v) is 18.3. The van der Waals surface area contributed by atoms with Gasteiger partial charge in [-0.2, -0.15) is 0 Å². The molecule has 0 aromatic carbocycles. The lowest BCUT2D eigenvalue weighted by molar-refractivity contribution is -0.908. The van der Waals surface area contributed by atoms with Gasteiger partial charge in [0.15, 0.2) is 0 Å². The van der Waals surface area contributed by atoms with Gasteiger partial charge in [0.2, 0.25) is 5.91 Å². The molecule has 1 fully saturated rings. The normalized spacial score (nSPS) is 14.7. The zero-order valence-electron chi connectivity index (χ0n) is 18.3. The molecule has 1 aromatic rings. The van der Waals surface area contributed by atoms with E-state index in [4.69, 9.17) is 9.15 Å². The minimum Gasteiger partial charge on any atom is -0.466 e. The monoisotopic (exact) mass is 408 g/mol. The number of carbonyl (C=O) groups is 2. The van der Waals surface area contributed by atoms with Crippen molar-refractivity contribution < 1.29 is 23.6 Å². The van der Waals surface area contributed by atoms with Gasteiger partial charge in [0.1, 0.15) is 24.6 Å². The Kier molecular flexibility index (Phi) is 10.2. The smallest absolute Gasteiger partial charge is 0.257 e. The molecular weight excluding hydrogens is 370 g/mol. The van der Waals surface area contributed by atoms with E-state index < -0.39 is 0 Å². The number of unbranched alkanes of at least 4 members (excludes halogenated alkanes) is 2. The number of ether oxygens (including phenoxy) is 1. The van der Waals surface area contributed by atoms with Crippen molar-refractivity contribution in [2.24, 2.45) is 0 Å². The van der Waals surface area contributed by atoms with E-state index in [1.807, 2.05) is 13.8 Å². The maximum Gasteiger partial charge on any atom is 0.257 e. The first-order chi connectivity index (χ1) is 14.0. The SMILES string of the molecule is CCCCCN(CCC(=O)NCCC[NH+]1CCOCC1)C(=O)c1cc(C)oc1C. The van der Waals surface area contributed by atoms with Gasteiger partial charge in [-0.15, -0.1) is 0 Å². The third-order valence-electron chi connectivity index (χ3n) is 5.43. The van der Waals surface area contributed by atoms with Crippen molar-refractivity contribution in [3.63, 3.8) is 0 Å². The Morgan fingerprint density at radius 1 is 1.14 bits per heavy atom. The van der Waals surface area contributed by atoms with E-state index in [-0.39, 0.29) is 11.8 Å². The van der Waals surface area contributed by atoms with E-state index in [1.54, 1.807) is 15.9 Å². The van der Waals surface area contributed by atoms with Crippen LogP contribution in [0.25, 0.3) is 0 Å². The number of furan rings is 1. The predicted octanol–water partition coefficient (Wildman–Crippen LogP) is 1.34. The fourth-order valence-corrected chi connectivity index (χ4v) is 3.68. The summed E-state index contributed by atoms with van der Waals surface area (Å²) >= 11 is 0. The molecule has 2 heterocycles. The molecule has 0 unspecified atom stereocenters. The number of nitrogens with one attached hydrogen (secondary N) is 2. The van der Waals surface area contributed by atoms with E-state index in [9.17, 15) is 9.59 Å². The van der Waals surface area contributed by atoms with Crippen LogP contribution in [-0.2, 0) is 9.53 Å². The Hall–Kier alpha value is -1.86. The summed E-state index contributed by atoms with van der Waals surface area (Å²) in [5.74, 6) is 1.34. The second-order valence-electron chi connectivity index (χ2n) is 7.89. The lowest BCUT2D eigenvalue weighted by atomic mass is 10.2. The average Bonchev–Trinajstić information content (AvgIpc) is 3.06. The summed E-state index contributed by atoms with van der Waals surface area (Å²) < 4.78 is 10.9. The molecule has 0 radical (unpaired) electrons. The largest absolute Gasteiger partial charge is 0.466 e. The first-order valence-corrected chi connectivity index (χ1v) is 11.1. The number of quaternary nitrogens is 1. The molecule has 0 bridgehead atoms. The minimum atomic E-state index is -0.0424. The fraction of sp³-hybridized carbons (Fsp3) is 0.727. The minimum absolute atomic E-state index is 0.00960. The van der Waals surface area contributed by atoms with Crippen LogP contribution in [0.15, 0.2) is 10.5 Å². The van der Waals surface area contributed by atoms with Crippen LogP contribution in [0, 0.1) is 13.8 Å². The van der Waals surface area contributed by atoms with Gasteiger partial charge in [-0.05, 0) is 26.3 Å². The van der Waals surface area contributed by atoms with Gasteiger partial charge in [0.05, 0.1) is 25.3 Å². The number of hydrogen-bond acceptors (Lipinski definition) is 4. The number of carbonyl (C=O) groups excluding carboxylic acids is 2. The number of hydrogen-bond donors (Lipinski definition) is 2. The van der Waals surface area contributed by atoms with Crippen LogP contribution in [0.1, 0.15) is 60.9 Å². The number of morpholine rings is 1. The van der Waals surface area contributed by atoms with Gasteiger partial charge in [-0.3, -0.25) is 9.59 Å². The van der Waals surface area contributed by atoms with Crippen molar-refractivity contribution in [1.82, 2.24) is 10.2 Å². The lowest BCUT2D eigenvalue weighted by Crippen LogP contribution is -3.14. The third-order valence-corrected chi connectivity index (χ3v) is 5.43. The van der Waals surface area contributed by atoms with Crippen molar-refractivity contribution in [3.8, 4) is 0 Å². The molecular formula is C22H38N3O4+. The van der Waals surface area contributed by atoms with Crippen LogP contribution < -0.4 is 10.2 Å². The molecule has 1 aliphatic heterocycles. The van der Waals surface area contributed by atoms with Crippen LogP contribution >= 0.6 is 0 Å². The molecule has 0 saturated carbocycles. The van der Waals surface area contributed by atoms with Gasteiger partial charge in [0, 0.05) is 32.5 Å². The summed E-state index contributed by atoms with van der Waals surface area (Å²) in [6, 6.07) is 1.79. The molecule has 7 heteroatoms. The average molecular weight is 409 g/mol. The molecule has 2 N–H and O–H groups in total. The first kappa shape index (κ1) is 23.4. The van der Waals surface area contributed by atoms with Gasteiger partial charge in [0.25, 0.3) is 5.91 Å². The number of rotatable bonds is 12. The van der Waals surface area contributed by atoms with Gasteiger partial charge < -0.3 is 24.3 Å². The topological polar surface area (TPSA) is 76.2 Å². The number of nitrogens with zero attached hydrogens (tertiary/aromatic N) is 1. The van der Waals surface area contributed by atoms with Gasteiger partial charge in [-0.1, -0.05) is 19.8 Å². The zero-order chi connectivity index (χ0) is 21.1. The number of amides is 2. The third kappa shape index (κ3) is 8.19. The van der Waals surface area contributed by atoms with E-state index in [0.29, 0.717) is 37.4 Å². The maximum atomic E-state index is 12.9. The van der Waals surface area contributed by atoms with Crippen molar-refractivity contribution >= 4 is 11.8 Å². The molecule has 1 aromatic heterocycles. The van der Waals surface area contributed by atoms with Crippen LogP contribution in [0.4, 0.5) is 0 Å². The Labute approximate surface area is 174 Å². The number of aryl methyl sites for hydroxylation is 2. The molecule has 2 rings (SSSR count). The summed E-state index contributed by atoms with van der Waals surface area (Å²) in [5, 5.41) is 3.00. The second kappa shape index (κ2) is 12.6. The summed E-state index contributed by atoms with van der Waals surface area (Å²) in [6.45, 7) is 12.4. The van der Waals surface area contributed by atoms with E-state index in [1.165, 1.54) is 0 Å². The van der Waals surface area contributed by atoms with Crippen LogP contribution in [-0.4, -0.2) is 69.2 Å². The first-order valence-electron chi connectivity index (χ1n) is 11.1. The Morgan fingerprint density at radius 2 is 1.90 bits per heavy atom. The van der Waals surface area contributed by atoms with Crippen molar-refractivity contribution in [3.05, 3.63) is 23.2 Å².